The Morgan fingerprint density at radius 3 is 2.59 bits per heavy atom. The van der Waals surface area contributed by atoms with Crippen molar-refractivity contribution in [3.05, 3.63) is 0 Å². The molecule has 2 rings (SSSR count). The maximum atomic E-state index is 6.54. The molecule has 0 unspecified atom stereocenters. The first-order valence-corrected chi connectivity index (χ1v) is 9.91. The van der Waals surface area contributed by atoms with Crippen LogP contribution >= 0.6 is 0 Å². The molecule has 1 heterocycles. The van der Waals surface area contributed by atoms with Crippen molar-refractivity contribution < 1.29 is 4.43 Å². The summed E-state index contributed by atoms with van der Waals surface area (Å²) in [5.74, 6) is 0.749. The molecule has 0 bridgehead atoms. The van der Waals surface area contributed by atoms with Gasteiger partial charge in [0.25, 0.3) is 0 Å². The van der Waals surface area contributed by atoms with E-state index in [4.69, 9.17) is 4.43 Å². The van der Waals surface area contributed by atoms with Gasteiger partial charge in [0.2, 0.25) is 0 Å². The highest BCUT2D eigenvalue weighted by Crippen LogP contribution is 2.40. The molecule has 0 spiro atoms. The van der Waals surface area contributed by atoms with E-state index in [0.717, 1.165) is 12.5 Å². The molecule has 17 heavy (non-hydrogen) atoms. The van der Waals surface area contributed by atoms with Gasteiger partial charge in [-0.2, -0.15) is 0 Å². The highest BCUT2D eigenvalue weighted by molar-refractivity contribution is 6.74. The van der Waals surface area contributed by atoms with Gasteiger partial charge < -0.3 is 4.43 Å². The third-order valence-corrected chi connectivity index (χ3v) is 9.34. The number of hydrogen-bond acceptors (Lipinski definition) is 2. The number of fused-ring (bicyclic) bond motifs is 1. The monoisotopic (exact) mass is 253 g/mol. The quantitative estimate of drug-likeness (QED) is 0.681. The van der Waals surface area contributed by atoms with Gasteiger partial charge in [-0.25, -0.2) is 0 Å². The van der Waals surface area contributed by atoms with Crippen LogP contribution in [0.25, 0.3) is 0 Å². The summed E-state index contributed by atoms with van der Waals surface area (Å²) in [6.45, 7) is 12.8. The van der Waals surface area contributed by atoms with E-state index in [-0.39, 0.29) is 0 Å². The van der Waals surface area contributed by atoms with Gasteiger partial charge in [0.15, 0.2) is 8.32 Å². The van der Waals surface area contributed by atoms with Crippen molar-refractivity contribution in [1.82, 2.24) is 0 Å². The van der Waals surface area contributed by atoms with Crippen molar-refractivity contribution in [2.75, 3.05) is 6.54 Å². The zero-order chi connectivity index (χ0) is 12.7. The Morgan fingerprint density at radius 1 is 1.24 bits per heavy atom. The molecule has 2 aliphatic rings. The first kappa shape index (κ1) is 13.3. The molecule has 1 fully saturated rings. The van der Waals surface area contributed by atoms with E-state index in [1.165, 1.54) is 31.4 Å². The molecule has 0 aromatic heterocycles. The SMILES string of the molecule is CC(C)(C)[Si](C)(C)O[C@H]1CCC2=NCC[C@@H]2C1. The summed E-state index contributed by atoms with van der Waals surface area (Å²) >= 11 is 0. The molecular weight excluding hydrogens is 226 g/mol. The lowest BCUT2D eigenvalue weighted by atomic mass is 9.85. The molecule has 2 nitrogen and oxygen atoms in total. The molecule has 0 amide bonds. The predicted molar refractivity (Wildman–Crippen MR) is 76.3 cm³/mol. The maximum absolute atomic E-state index is 6.54. The van der Waals surface area contributed by atoms with Crippen LogP contribution in [0, 0.1) is 5.92 Å². The average Bonchev–Trinajstić information content (AvgIpc) is 2.62. The lowest BCUT2D eigenvalue weighted by Gasteiger charge is -2.41. The lowest BCUT2D eigenvalue weighted by molar-refractivity contribution is 0.144. The molecule has 0 aromatic carbocycles. The van der Waals surface area contributed by atoms with Crippen LogP contribution in [0.4, 0.5) is 0 Å². The second kappa shape index (κ2) is 4.50. The van der Waals surface area contributed by atoms with Crippen LogP contribution in [0.15, 0.2) is 4.99 Å². The van der Waals surface area contributed by atoms with Crippen LogP contribution < -0.4 is 0 Å². The van der Waals surface area contributed by atoms with E-state index in [1.807, 2.05) is 0 Å². The summed E-state index contributed by atoms with van der Waals surface area (Å²) in [5, 5.41) is 0.330. The molecule has 3 heteroatoms. The Labute approximate surface area is 107 Å². The second-order valence-corrected chi connectivity index (χ2v) is 11.9. The van der Waals surface area contributed by atoms with Gasteiger partial charge in [0.1, 0.15) is 0 Å². The van der Waals surface area contributed by atoms with Crippen LogP contribution in [0.3, 0.4) is 0 Å². The van der Waals surface area contributed by atoms with Gasteiger partial charge in [-0.3, -0.25) is 4.99 Å². The zero-order valence-corrected chi connectivity index (χ0v) is 13.0. The Kier molecular flexibility index (Phi) is 3.52. The van der Waals surface area contributed by atoms with E-state index < -0.39 is 8.32 Å². The van der Waals surface area contributed by atoms with Crippen molar-refractivity contribution >= 4 is 14.0 Å². The molecule has 1 aliphatic carbocycles. The van der Waals surface area contributed by atoms with Crippen molar-refractivity contribution in [2.24, 2.45) is 10.9 Å². The van der Waals surface area contributed by atoms with Crippen molar-refractivity contribution in [2.45, 2.75) is 70.7 Å². The molecule has 98 valence electrons. The summed E-state index contributed by atoms with van der Waals surface area (Å²) in [4.78, 5) is 4.61. The van der Waals surface area contributed by atoms with Crippen LogP contribution in [0.5, 0.6) is 0 Å². The Balaban J connectivity index is 1.95. The molecule has 2 atom stereocenters. The minimum Gasteiger partial charge on any atom is -0.414 e. The van der Waals surface area contributed by atoms with Gasteiger partial charge in [0, 0.05) is 24.3 Å². The molecule has 0 aromatic rings. The lowest BCUT2D eigenvalue weighted by Crippen LogP contribution is -2.45. The molecule has 1 aliphatic heterocycles. The van der Waals surface area contributed by atoms with Crippen LogP contribution in [0.1, 0.15) is 46.5 Å². The smallest absolute Gasteiger partial charge is 0.192 e. The fourth-order valence-electron chi connectivity index (χ4n) is 2.64. The normalized spacial score (nSPS) is 30.1. The van der Waals surface area contributed by atoms with Crippen LogP contribution in [-0.2, 0) is 4.43 Å². The molecule has 0 saturated heterocycles. The van der Waals surface area contributed by atoms with Crippen molar-refractivity contribution in [1.29, 1.82) is 0 Å². The number of rotatable bonds is 2. The summed E-state index contributed by atoms with van der Waals surface area (Å²) in [6, 6.07) is 0. The third-order valence-electron chi connectivity index (χ3n) is 4.80. The Morgan fingerprint density at radius 2 is 1.94 bits per heavy atom. The highest BCUT2D eigenvalue weighted by atomic mass is 28.4. The molecular formula is C14H27NOSi. The largest absolute Gasteiger partial charge is 0.414 e. The van der Waals surface area contributed by atoms with E-state index in [1.54, 1.807) is 0 Å². The van der Waals surface area contributed by atoms with E-state index in [9.17, 15) is 0 Å². The first-order chi connectivity index (χ1) is 7.79. The third kappa shape index (κ3) is 2.82. The minimum absolute atomic E-state index is 0.330. The minimum atomic E-state index is -1.58. The number of hydrogen-bond donors (Lipinski definition) is 0. The summed E-state index contributed by atoms with van der Waals surface area (Å²) < 4.78 is 6.54. The highest BCUT2D eigenvalue weighted by Gasteiger charge is 2.41. The standard InChI is InChI=1S/C14H27NOSi/c1-14(2,3)17(4,5)16-12-6-7-13-11(10-12)8-9-15-13/h11-12H,6-10H2,1-5H3/t11-,12+/m1/s1. The Bertz CT molecular complexity index is 317. The predicted octanol–water partition coefficient (Wildman–Crippen LogP) is 4.02. The summed E-state index contributed by atoms with van der Waals surface area (Å²) in [6.07, 6.45) is 5.38. The number of nitrogens with zero attached hydrogens (tertiary/aromatic N) is 1. The maximum Gasteiger partial charge on any atom is 0.192 e. The van der Waals surface area contributed by atoms with Crippen molar-refractivity contribution in [3.8, 4) is 0 Å². The fraction of sp³-hybridized carbons (Fsp3) is 0.929. The van der Waals surface area contributed by atoms with Crippen LogP contribution in [-0.4, -0.2) is 26.7 Å². The van der Waals surface area contributed by atoms with Gasteiger partial charge >= 0.3 is 0 Å². The number of aliphatic imine (C=N–C) groups is 1. The van der Waals surface area contributed by atoms with Crippen LogP contribution in [0.2, 0.25) is 18.1 Å². The molecule has 0 N–H and O–H groups in total. The van der Waals surface area contributed by atoms with Gasteiger partial charge in [-0.1, -0.05) is 20.8 Å². The topological polar surface area (TPSA) is 21.6 Å². The van der Waals surface area contributed by atoms with Gasteiger partial charge in [0.05, 0.1) is 0 Å². The fourth-order valence-corrected chi connectivity index (χ4v) is 4.04. The van der Waals surface area contributed by atoms with E-state index in [0.29, 0.717) is 11.1 Å². The second-order valence-electron chi connectivity index (χ2n) is 7.13. The van der Waals surface area contributed by atoms with Crippen molar-refractivity contribution in [3.63, 3.8) is 0 Å². The summed E-state index contributed by atoms with van der Waals surface area (Å²) in [7, 11) is -1.58. The molecule has 0 radical (unpaired) electrons. The average molecular weight is 253 g/mol. The zero-order valence-electron chi connectivity index (χ0n) is 12.0. The van der Waals surface area contributed by atoms with E-state index in [2.05, 4.69) is 38.9 Å². The first-order valence-electron chi connectivity index (χ1n) is 7.00. The van der Waals surface area contributed by atoms with Gasteiger partial charge in [-0.05, 0) is 43.8 Å². The molecule has 1 saturated carbocycles. The van der Waals surface area contributed by atoms with Gasteiger partial charge in [-0.15, -0.1) is 0 Å². The van der Waals surface area contributed by atoms with E-state index >= 15 is 0 Å². The Hall–Kier alpha value is -0.153. The summed E-state index contributed by atoms with van der Waals surface area (Å²) in [5.41, 5.74) is 1.49.